The molecular weight excluding hydrogens is 438 g/mol. The van der Waals surface area contributed by atoms with Crippen molar-refractivity contribution in [3.05, 3.63) is 76.8 Å². The van der Waals surface area contributed by atoms with Gasteiger partial charge in [0.15, 0.2) is 0 Å². The molecule has 0 unspecified atom stereocenters. The highest BCUT2D eigenvalue weighted by Gasteiger charge is 2.20. The maximum absolute atomic E-state index is 11.3. The maximum atomic E-state index is 11.3. The Morgan fingerprint density at radius 3 is 2.76 bits per heavy atom. The van der Waals surface area contributed by atoms with E-state index in [-0.39, 0.29) is 5.88 Å². The number of aromatic amines is 1. The highest BCUT2D eigenvalue weighted by Crippen LogP contribution is 2.39. The monoisotopic (exact) mass is 461 g/mol. The predicted octanol–water partition coefficient (Wildman–Crippen LogP) is 7.61. The van der Waals surface area contributed by atoms with Crippen LogP contribution in [0.1, 0.15) is 36.8 Å². The van der Waals surface area contributed by atoms with Crippen LogP contribution in [0.4, 0.5) is 4.79 Å². The van der Waals surface area contributed by atoms with Gasteiger partial charge in [0, 0.05) is 26.9 Å². The smallest absolute Gasteiger partial charge is 0.493 e. The zero-order chi connectivity index (χ0) is 22.8. The molecule has 0 saturated carbocycles. The number of allylic oxidation sites excluding steroid dienone is 2. The molecule has 0 radical (unpaired) electrons. The summed E-state index contributed by atoms with van der Waals surface area (Å²) in [5.74, 6) is 1.09. The molecule has 2 N–H and O–H groups in total. The summed E-state index contributed by atoms with van der Waals surface area (Å²) in [6.45, 7) is 0.492. The second-order valence-electron chi connectivity index (χ2n) is 8.23. The fourth-order valence-corrected chi connectivity index (χ4v) is 4.85. The van der Waals surface area contributed by atoms with Crippen LogP contribution in [-0.2, 0) is 6.42 Å². The Morgan fingerprint density at radius 1 is 1.09 bits per heavy atom. The van der Waals surface area contributed by atoms with E-state index in [0.717, 1.165) is 57.8 Å². The number of H-pyrrole nitrogens is 1. The average molecular weight is 462 g/mol. The van der Waals surface area contributed by atoms with Gasteiger partial charge in [-0.3, -0.25) is 0 Å². The van der Waals surface area contributed by atoms with Crippen LogP contribution in [0.3, 0.4) is 0 Å². The van der Waals surface area contributed by atoms with Crippen LogP contribution < -0.4 is 9.47 Å². The lowest BCUT2D eigenvalue weighted by atomic mass is 10.00. The molecule has 0 spiro atoms. The summed E-state index contributed by atoms with van der Waals surface area (Å²) in [5.41, 5.74) is 3.92. The van der Waals surface area contributed by atoms with Crippen molar-refractivity contribution in [1.82, 2.24) is 4.98 Å². The van der Waals surface area contributed by atoms with Gasteiger partial charge in [0.2, 0.25) is 5.88 Å². The number of aryl methyl sites for hydroxylation is 1. The first-order chi connectivity index (χ1) is 16.1. The van der Waals surface area contributed by atoms with Crippen LogP contribution in [0.15, 0.2) is 60.7 Å². The quantitative estimate of drug-likeness (QED) is 0.219. The van der Waals surface area contributed by atoms with Gasteiger partial charge < -0.3 is 19.6 Å². The number of nitrogens with one attached hydrogen (secondary N) is 1. The SMILES string of the molecule is O=C(O)Oc1[nH]c2c(C3=CCCC3)cc(Cl)cc2c1CCCOc1cccc2ccccc12. The molecule has 1 aliphatic rings. The largest absolute Gasteiger partial charge is 0.512 e. The van der Waals surface area contributed by atoms with Crippen LogP contribution in [-0.4, -0.2) is 22.9 Å². The first-order valence-corrected chi connectivity index (χ1v) is 11.5. The zero-order valence-electron chi connectivity index (χ0n) is 18.1. The Bertz CT molecular complexity index is 1370. The molecule has 4 aromatic rings. The normalized spacial score (nSPS) is 13.4. The van der Waals surface area contributed by atoms with Crippen LogP contribution >= 0.6 is 11.6 Å². The van der Waals surface area contributed by atoms with Crippen LogP contribution in [0.25, 0.3) is 27.2 Å². The van der Waals surface area contributed by atoms with E-state index in [1.54, 1.807) is 0 Å². The standard InChI is InChI=1S/C27H24ClNO4/c28-19-15-22(18-8-1-2-9-18)25-23(16-19)21(26(29-25)33-27(30)31)12-6-14-32-24-13-5-10-17-7-3-4-11-20(17)24/h3-5,7-8,10-11,13,15-16,29H,1-2,6,9,12,14H2,(H,30,31). The minimum atomic E-state index is -1.34. The Balaban J connectivity index is 1.41. The Labute approximate surface area is 196 Å². The summed E-state index contributed by atoms with van der Waals surface area (Å²) >= 11 is 6.46. The summed E-state index contributed by atoms with van der Waals surface area (Å²) in [6, 6.07) is 17.9. The molecule has 3 aromatic carbocycles. The summed E-state index contributed by atoms with van der Waals surface area (Å²) in [5, 5.41) is 13.0. The van der Waals surface area contributed by atoms with Crippen molar-refractivity contribution in [2.75, 3.05) is 6.61 Å². The molecule has 1 aliphatic carbocycles. The summed E-state index contributed by atoms with van der Waals surface area (Å²) in [7, 11) is 0. The maximum Gasteiger partial charge on any atom is 0.512 e. The van der Waals surface area contributed by atoms with Gasteiger partial charge in [-0.15, -0.1) is 0 Å². The molecule has 6 heteroatoms. The Kier molecular flexibility index (Phi) is 5.97. The topological polar surface area (TPSA) is 71.5 Å². The number of halogens is 1. The van der Waals surface area contributed by atoms with Crippen molar-refractivity contribution in [3.8, 4) is 11.6 Å². The van der Waals surface area contributed by atoms with Gasteiger partial charge in [-0.1, -0.05) is 54.1 Å². The summed E-state index contributed by atoms with van der Waals surface area (Å²) in [6.07, 6.45) is 5.30. The van der Waals surface area contributed by atoms with Crippen LogP contribution in [0, 0.1) is 0 Å². The van der Waals surface area contributed by atoms with E-state index in [4.69, 9.17) is 21.1 Å². The third-order valence-electron chi connectivity index (χ3n) is 6.10. The second kappa shape index (κ2) is 9.20. The molecule has 33 heavy (non-hydrogen) atoms. The predicted molar refractivity (Wildman–Crippen MR) is 132 cm³/mol. The molecule has 1 aromatic heterocycles. The summed E-state index contributed by atoms with van der Waals surface area (Å²) in [4.78, 5) is 14.5. The lowest BCUT2D eigenvalue weighted by Crippen LogP contribution is -2.06. The number of rotatable bonds is 7. The van der Waals surface area contributed by atoms with E-state index in [9.17, 15) is 9.90 Å². The second-order valence-corrected chi connectivity index (χ2v) is 8.66. The number of carbonyl (C=O) groups is 1. The number of hydrogen-bond acceptors (Lipinski definition) is 3. The number of aromatic nitrogens is 1. The zero-order valence-corrected chi connectivity index (χ0v) is 18.8. The van der Waals surface area contributed by atoms with Crippen LogP contribution in [0.5, 0.6) is 11.6 Å². The van der Waals surface area contributed by atoms with Crippen molar-refractivity contribution >= 4 is 45.0 Å². The van der Waals surface area contributed by atoms with Crippen molar-refractivity contribution in [1.29, 1.82) is 0 Å². The van der Waals surface area contributed by atoms with Gasteiger partial charge >= 0.3 is 6.16 Å². The molecular formula is C27H24ClNO4. The van der Waals surface area contributed by atoms with E-state index < -0.39 is 6.16 Å². The van der Waals surface area contributed by atoms with Gasteiger partial charge in [0.1, 0.15) is 5.75 Å². The van der Waals surface area contributed by atoms with E-state index in [2.05, 4.69) is 23.2 Å². The van der Waals surface area contributed by atoms with Crippen molar-refractivity contribution in [3.63, 3.8) is 0 Å². The van der Waals surface area contributed by atoms with E-state index in [1.165, 1.54) is 5.57 Å². The highest BCUT2D eigenvalue weighted by atomic mass is 35.5. The first kappa shape index (κ1) is 21.4. The number of benzene rings is 3. The van der Waals surface area contributed by atoms with E-state index in [0.29, 0.717) is 24.5 Å². The molecule has 5 nitrogen and oxygen atoms in total. The first-order valence-electron chi connectivity index (χ1n) is 11.1. The fourth-order valence-electron chi connectivity index (χ4n) is 4.63. The Hall–Kier alpha value is -3.44. The fraction of sp³-hybridized carbons (Fsp3) is 0.222. The third kappa shape index (κ3) is 4.41. The number of hydrogen-bond donors (Lipinski definition) is 2. The van der Waals surface area contributed by atoms with Gasteiger partial charge in [-0.05, 0) is 61.3 Å². The van der Waals surface area contributed by atoms with Gasteiger partial charge in [-0.2, -0.15) is 0 Å². The van der Waals surface area contributed by atoms with Crippen molar-refractivity contribution < 1.29 is 19.4 Å². The molecule has 0 aliphatic heterocycles. The van der Waals surface area contributed by atoms with Crippen molar-refractivity contribution in [2.24, 2.45) is 0 Å². The molecule has 0 atom stereocenters. The van der Waals surface area contributed by atoms with Gasteiger partial charge in [0.25, 0.3) is 0 Å². The number of ether oxygens (including phenoxy) is 2. The average Bonchev–Trinajstić information content (AvgIpc) is 3.45. The lowest BCUT2D eigenvalue weighted by molar-refractivity contribution is 0.142. The lowest BCUT2D eigenvalue weighted by Gasteiger charge is -2.10. The molecule has 0 amide bonds. The van der Waals surface area contributed by atoms with E-state index >= 15 is 0 Å². The minimum Gasteiger partial charge on any atom is -0.493 e. The molecule has 1 heterocycles. The molecule has 0 fully saturated rings. The van der Waals surface area contributed by atoms with Gasteiger partial charge in [-0.25, -0.2) is 4.79 Å². The minimum absolute atomic E-state index is 0.254. The number of carboxylic acid groups (broad SMARTS) is 1. The van der Waals surface area contributed by atoms with Gasteiger partial charge in [0.05, 0.1) is 12.1 Å². The number of fused-ring (bicyclic) bond motifs is 2. The molecule has 0 saturated heterocycles. The summed E-state index contributed by atoms with van der Waals surface area (Å²) < 4.78 is 11.2. The van der Waals surface area contributed by atoms with E-state index in [1.807, 2.05) is 42.5 Å². The third-order valence-corrected chi connectivity index (χ3v) is 6.31. The molecule has 0 bridgehead atoms. The highest BCUT2D eigenvalue weighted by molar-refractivity contribution is 6.31. The molecule has 168 valence electrons. The van der Waals surface area contributed by atoms with Crippen molar-refractivity contribution in [2.45, 2.75) is 32.1 Å². The molecule has 5 rings (SSSR count). The Morgan fingerprint density at radius 2 is 1.94 bits per heavy atom. The van der Waals surface area contributed by atoms with Crippen LogP contribution in [0.2, 0.25) is 5.02 Å².